The van der Waals surface area contributed by atoms with Crippen LogP contribution in [-0.4, -0.2) is 96.7 Å². The van der Waals surface area contributed by atoms with E-state index in [2.05, 4.69) is 41.5 Å². The number of unbranched alkanes of at least 4 members (excludes halogenated alkanes) is 29. The summed E-state index contributed by atoms with van der Waals surface area (Å²) in [5.74, 6) is -0.668. The van der Waals surface area contributed by atoms with Crippen molar-refractivity contribution >= 4 is 39.5 Å². The van der Waals surface area contributed by atoms with E-state index in [1.807, 2.05) is 0 Å². The molecule has 79 heavy (non-hydrogen) atoms. The molecule has 0 aromatic carbocycles. The van der Waals surface area contributed by atoms with E-state index in [1.54, 1.807) is 0 Å². The molecule has 17 nitrogen and oxygen atoms in total. The minimum absolute atomic E-state index is 0.104. The van der Waals surface area contributed by atoms with Crippen LogP contribution in [0.25, 0.3) is 0 Å². The zero-order valence-electron chi connectivity index (χ0n) is 50.7. The van der Waals surface area contributed by atoms with Crippen LogP contribution in [0.2, 0.25) is 0 Å². The lowest BCUT2D eigenvalue weighted by Crippen LogP contribution is -2.30. The Labute approximate surface area is 479 Å². The van der Waals surface area contributed by atoms with E-state index < -0.39 is 97.5 Å². The number of esters is 4. The van der Waals surface area contributed by atoms with Crippen molar-refractivity contribution in [3.63, 3.8) is 0 Å². The van der Waals surface area contributed by atoms with Gasteiger partial charge in [0.25, 0.3) is 0 Å². The van der Waals surface area contributed by atoms with Crippen molar-refractivity contribution in [1.29, 1.82) is 0 Å². The van der Waals surface area contributed by atoms with Gasteiger partial charge in [0.1, 0.15) is 19.3 Å². The van der Waals surface area contributed by atoms with Gasteiger partial charge in [-0.05, 0) is 37.5 Å². The Bertz CT molecular complexity index is 1560. The number of carbonyl (C=O) groups excluding carboxylic acids is 4. The van der Waals surface area contributed by atoms with E-state index in [0.29, 0.717) is 25.7 Å². The fraction of sp³-hybridized carbons (Fsp3) is 0.933. The summed E-state index contributed by atoms with van der Waals surface area (Å²) in [4.78, 5) is 71.8. The summed E-state index contributed by atoms with van der Waals surface area (Å²) >= 11 is 0. The van der Waals surface area contributed by atoms with Crippen molar-refractivity contribution < 1.29 is 80.2 Å². The topological polar surface area (TPSA) is 237 Å². The second kappa shape index (κ2) is 52.8. The summed E-state index contributed by atoms with van der Waals surface area (Å²) in [6.45, 7) is 9.35. The van der Waals surface area contributed by atoms with Crippen molar-refractivity contribution in [1.82, 2.24) is 0 Å². The predicted molar refractivity (Wildman–Crippen MR) is 312 cm³/mol. The highest BCUT2D eigenvalue weighted by Gasteiger charge is 2.30. The maximum atomic E-state index is 12.9. The summed E-state index contributed by atoms with van der Waals surface area (Å²) in [7, 11) is -9.87. The van der Waals surface area contributed by atoms with E-state index in [0.717, 1.165) is 121 Å². The Kier molecular flexibility index (Phi) is 51.5. The van der Waals surface area contributed by atoms with E-state index in [4.69, 9.17) is 37.0 Å². The molecule has 0 amide bonds. The third kappa shape index (κ3) is 55.0. The number of hydrogen-bond donors (Lipinski definition) is 3. The molecular formula is C60H116O17P2. The summed E-state index contributed by atoms with van der Waals surface area (Å²) in [6, 6.07) is 0. The van der Waals surface area contributed by atoms with Gasteiger partial charge in [-0.15, -0.1) is 0 Å². The SMILES string of the molecule is CCCCCCCCCCC(=O)O[C@H](COC(=O)CCCCCCCCC)COP(=O)(O)OC[C@H](O)COP(=O)(O)OC[C@@H](COC(=O)CCCCCCCCCCC(C)C)OC(=O)CCCCCCCCCCCCC(C)C. The van der Waals surface area contributed by atoms with Crippen molar-refractivity contribution in [2.24, 2.45) is 11.8 Å². The Morgan fingerprint density at radius 3 is 0.861 bits per heavy atom. The molecule has 0 aliphatic carbocycles. The molecule has 19 heteroatoms. The molecule has 0 aromatic rings. The lowest BCUT2D eigenvalue weighted by molar-refractivity contribution is -0.161. The van der Waals surface area contributed by atoms with Gasteiger partial charge >= 0.3 is 39.5 Å². The van der Waals surface area contributed by atoms with Crippen molar-refractivity contribution in [2.45, 2.75) is 310 Å². The average molecular weight is 1170 g/mol. The highest BCUT2D eigenvalue weighted by Crippen LogP contribution is 2.45. The van der Waals surface area contributed by atoms with Crippen LogP contribution in [0.1, 0.15) is 292 Å². The molecule has 0 aliphatic rings. The molecule has 0 saturated carbocycles. The Hall–Kier alpha value is -1.94. The predicted octanol–water partition coefficient (Wildman–Crippen LogP) is 16.1. The van der Waals surface area contributed by atoms with Crippen LogP contribution in [0.5, 0.6) is 0 Å². The van der Waals surface area contributed by atoms with Gasteiger partial charge in [-0.3, -0.25) is 37.3 Å². The molecule has 0 aromatic heterocycles. The second-order valence-corrected chi connectivity index (χ2v) is 25.6. The summed E-state index contributed by atoms with van der Waals surface area (Å²) in [5, 5.41) is 10.5. The van der Waals surface area contributed by atoms with Gasteiger partial charge in [-0.25, -0.2) is 9.13 Å². The quantitative estimate of drug-likeness (QED) is 0.0222. The highest BCUT2D eigenvalue weighted by molar-refractivity contribution is 7.47. The summed E-state index contributed by atoms with van der Waals surface area (Å²) in [6.07, 6.45) is 33.6. The first-order chi connectivity index (χ1) is 37.9. The van der Waals surface area contributed by atoms with Crippen LogP contribution >= 0.6 is 15.6 Å². The van der Waals surface area contributed by atoms with Gasteiger partial charge in [0.2, 0.25) is 0 Å². The zero-order chi connectivity index (χ0) is 58.7. The van der Waals surface area contributed by atoms with Gasteiger partial charge in [0.15, 0.2) is 12.2 Å². The number of phosphoric ester groups is 2. The zero-order valence-corrected chi connectivity index (χ0v) is 52.4. The van der Waals surface area contributed by atoms with Crippen LogP contribution in [0.15, 0.2) is 0 Å². The number of rotatable bonds is 59. The number of aliphatic hydroxyl groups is 1. The van der Waals surface area contributed by atoms with Crippen LogP contribution in [0.4, 0.5) is 0 Å². The normalized spacial score (nSPS) is 14.4. The van der Waals surface area contributed by atoms with E-state index in [-0.39, 0.29) is 25.7 Å². The molecule has 0 saturated heterocycles. The maximum absolute atomic E-state index is 12.9. The number of carbonyl (C=O) groups is 4. The first kappa shape index (κ1) is 77.1. The molecule has 2 unspecified atom stereocenters. The molecule has 0 bridgehead atoms. The molecular weight excluding hydrogens is 1050 g/mol. The van der Waals surface area contributed by atoms with Crippen LogP contribution < -0.4 is 0 Å². The van der Waals surface area contributed by atoms with Gasteiger partial charge in [-0.1, -0.05) is 241 Å². The fourth-order valence-electron chi connectivity index (χ4n) is 8.82. The molecule has 3 N–H and O–H groups in total. The van der Waals surface area contributed by atoms with Crippen LogP contribution in [-0.2, 0) is 65.4 Å². The minimum atomic E-state index is -4.94. The minimum Gasteiger partial charge on any atom is -0.462 e. The third-order valence-electron chi connectivity index (χ3n) is 13.7. The standard InChI is InChI=1S/C60H116O17P2/c1-7-9-11-13-15-25-32-38-44-59(64)76-55(48-70-57(62)42-36-30-22-14-12-10-8-2)50-74-78(66,67)72-46-54(61)47-73-79(68,69)75-51-56(49-71-58(63)43-37-31-26-21-20-24-29-35-41-53(5)6)77-60(65)45-39-33-27-19-17-16-18-23-28-34-40-52(3)4/h52-56,61H,7-51H2,1-6H3,(H,66,67)(H,68,69)/t54-,55+,56+/m0/s1. The van der Waals surface area contributed by atoms with Gasteiger partial charge in [0, 0.05) is 25.7 Å². The molecule has 0 aliphatic heterocycles. The monoisotopic (exact) mass is 1170 g/mol. The first-order valence-electron chi connectivity index (χ1n) is 31.5. The van der Waals surface area contributed by atoms with Crippen molar-refractivity contribution in [3.8, 4) is 0 Å². The average Bonchev–Trinajstić information content (AvgIpc) is 3.40. The Balaban J connectivity index is 5.21. The number of aliphatic hydroxyl groups excluding tert-OH is 1. The molecule has 0 spiro atoms. The molecule has 0 heterocycles. The fourth-order valence-corrected chi connectivity index (χ4v) is 10.4. The van der Waals surface area contributed by atoms with Crippen molar-refractivity contribution in [2.75, 3.05) is 39.6 Å². The van der Waals surface area contributed by atoms with Crippen molar-refractivity contribution in [3.05, 3.63) is 0 Å². The molecule has 468 valence electrons. The second-order valence-electron chi connectivity index (χ2n) is 22.7. The Morgan fingerprint density at radius 2 is 0.582 bits per heavy atom. The summed E-state index contributed by atoms with van der Waals surface area (Å²) < 4.78 is 67.7. The van der Waals surface area contributed by atoms with Gasteiger partial charge in [-0.2, -0.15) is 0 Å². The lowest BCUT2D eigenvalue weighted by atomic mass is 10.0. The van der Waals surface area contributed by atoms with Crippen LogP contribution in [0.3, 0.4) is 0 Å². The number of phosphoric acid groups is 2. The first-order valence-corrected chi connectivity index (χ1v) is 34.5. The lowest BCUT2D eigenvalue weighted by Gasteiger charge is -2.21. The van der Waals surface area contributed by atoms with E-state index in [1.165, 1.54) is 89.9 Å². The number of hydrogen-bond acceptors (Lipinski definition) is 15. The third-order valence-corrected chi connectivity index (χ3v) is 15.6. The van der Waals surface area contributed by atoms with E-state index >= 15 is 0 Å². The molecule has 0 rings (SSSR count). The molecule has 0 fully saturated rings. The van der Waals surface area contributed by atoms with Crippen LogP contribution in [0, 0.1) is 11.8 Å². The number of ether oxygens (including phenoxy) is 4. The summed E-state index contributed by atoms with van der Waals surface area (Å²) in [5.41, 5.74) is 0. The molecule has 5 atom stereocenters. The Morgan fingerprint density at radius 1 is 0.342 bits per heavy atom. The highest BCUT2D eigenvalue weighted by atomic mass is 31.2. The largest absolute Gasteiger partial charge is 0.472 e. The molecule has 0 radical (unpaired) electrons. The van der Waals surface area contributed by atoms with Gasteiger partial charge < -0.3 is 33.8 Å². The maximum Gasteiger partial charge on any atom is 0.472 e. The van der Waals surface area contributed by atoms with Gasteiger partial charge in [0.05, 0.1) is 26.4 Å². The smallest absolute Gasteiger partial charge is 0.462 e. The van der Waals surface area contributed by atoms with E-state index in [9.17, 15) is 43.2 Å².